The number of nitrogens with one attached hydrogen (secondary N) is 1. The maximum absolute atomic E-state index is 8.56. The van der Waals surface area contributed by atoms with Crippen LogP contribution in [0.3, 0.4) is 0 Å². The molecule has 1 aliphatic rings. The molecule has 0 aliphatic heterocycles. The van der Waals surface area contributed by atoms with E-state index in [1.807, 2.05) is 6.92 Å². The molecule has 0 aromatic rings. The second kappa shape index (κ2) is 6.09. The van der Waals surface area contributed by atoms with Crippen LogP contribution in [0, 0.1) is 17.8 Å². The highest BCUT2D eigenvalue weighted by Crippen LogP contribution is 2.28. The van der Waals surface area contributed by atoms with E-state index in [2.05, 4.69) is 24.3 Å². The summed E-state index contributed by atoms with van der Waals surface area (Å²) in [6.07, 6.45) is 3.83. The van der Waals surface area contributed by atoms with Gasteiger partial charge in [0, 0.05) is 18.5 Å². The zero-order valence-electron chi connectivity index (χ0n) is 10.6. The Labute approximate surface area is 98.3 Å². The molecule has 0 bridgehead atoms. The minimum atomic E-state index is 0.0949. The SMILES string of the molecule is CC1CC(C)CC(NCC(C)C(N)=NO)C1. The molecule has 0 spiro atoms. The van der Waals surface area contributed by atoms with Crippen LogP contribution in [-0.4, -0.2) is 23.6 Å². The second-order valence-electron chi connectivity index (χ2n) is 5.45. The molecule has 0 saturated heterocycles. The van der Waals surface area contributed by atoms with Crippen molar-refractivity contribution < 1.29 is 5.21 Å². The Balaban J connectivity index is 2.32. The topological polar surface area (TPSA) is 70.6 Å². The van der Waals surface area contributed by atoms with Gasteiger partial charge in [0.1, 0.15) is 5.84 Å². The molecule has 1 fully saturated rings. The van der Waals surface area contributed by atoms with Crippen LogP contribution in [0.2, 0.25) is 0 Å². The third kappa shape index (κ3) is 4.00. The summed E-state index contributed by atoms with van der Waals surface area (Å²) in [5, 5.41) is 15.1. The largest absolute Gasteiger partial charge is 0.409 e. The van der Waals surface area contributed by atoms with Crippen molar-refractivity contribution in [2.75, 3.05) is 6.54 Å². The lowest BCUT2D eigenvalue weighted by Crippen LogP contribution is -2.41. The predicted octanol–water partition coefficient (Wildman–Crippen LogP) is 1.78. The van der Waals surface area contributed by atoms with Gasteiger partial charge in [0.25, 0.3) is 0 Å². The molecule has 0 heterocycles. The van der Waals surface area contributed by atoms with Gasteiger partial charge in [-0.1, -0.05) is 25.9 Å². The zero-order chi connectivity index (χ0) is 12.1. The summed E-state index contributed by atoms with van der Waals surface area (Å²) < 4.78 is 0. The molecule has 4 N–H and O–H groups in total. The summed E-state index contributed by atoms with van der Waals surface area (Å²) in [5.41, 5.74) is 5.55. The first-order valence-corrected chi connectivity index (χ1v) is 6.23. The molecule has 0 amide bonds. The van der Waals surface area contributed by atoms with Crippen molar-refractivity contribution >= 4 is 5.84 Å². The Morgan fingerprint density at radius 1 is 1.38 bits per heavy atom. The normalized spacial score (nSPS) is 33.7. The van der Waals surface area contributed by atoms with Gasteiger partial charge in [-0.25, -0.2) is 0 Å². The average Bonchev–Trinajstić information content (AvgIpc) is 2.23. The molecular formula is C12H25N3O. The molecule has 1 saturated carbocycles. The summed E-state index contributed by atoms with van der Waals surface area (Å²) in [4.78, 5) is 0. The second-order valence-corrected chi connectivity index (χ2v) is 5.45. The van der Waals surface area contributed by atoms with Gasteiger partial charge in [-0.05, 0) is 31.1 Å². The van der Waals surface area contributed by atoms with Gasteiger partial charge in [-0.3, -0.25) is 0 Å². The molecule has 4 heteroatoms. The Bertz CT molecular complexity index is 232. The van der Waals surface area contributed by atoms with Gasteiger partial charge in [-0.2, -0.15) is 0 Å². The highest BCUT2D eigenvalue weighted by atomic mass is 16.4. The molecular weight excluding hydrogens is 202 g/mol. The van der Waals surface area contributed by atoms with Crippen LogP contribution in [-0.2, 0) is 0 Å². The van der Waals surface area contributed by atoms with Crippen molar-refractivity contribution in [1.29, 1.82) is 0 Å². The number of amidine groups is 1. The third-order valence-electron chi connectivity index (χ3n) is 3.51. The molecule has 3 unspecified atom stereocenters. The van der Waals surface area contributed by atoms with Gasteiger partial charge in [0.05, 0.1) is 0 Å². The predicted molar refractivity (Wildman–Crippen MR) is 66.5 cm³/mol. The molecule has 3 atom stereocenters. The van der Waals surface area contributed by atoms with Gasteiger partial charge < -0.3 is 16.3 Å². The van der Waals surface area contributed by atoms with E-state index < -0.39 is 0 Å². The Morgan fingerprint density at radius 3 is 2.44 bits per heavy atom. The summed E-state index contributed by atoms with van der Waals surface area (Å²) in [6.45, 7) is 7.40. The monoisotopic (exact) mass is 227 g/mol. The average molecular weight is 227 g/mol. The zero-order valence-corrected chi connectivity index (χ0v) is 10.6. The first kappa shape index (κ1) is 13.3. The summed E-state index contributed by atoms with van der Waals surface area (Å²) in [5.74, 6) is 2.02. The number of nitrogens with two attached hydrogens (primary N) is 1. The van der Waals surface area contributed by atoms with E-state index in [0.29, 0.717) is 11.9 Å². The van der Waals surface area contributed by atoms with Gasteiger partial charge in [0.15, 0.2) is 0 Å². The number of rotatable bonds is 4. The minimum absolute atomic E-state index is 0.0949. The third-order valence-corrected chi connectivity index (χ3v) is 3.51. The van der Waals surface area contributed by atoms with E-state index in [9.17, 15) is 0 Å². The van der Waals surface area contributed by atoms with E-state index in [0.717, 1.165) is 18.4 Å². The maximum atomic E-state index is 8.56. The van der Waals surface area contributed by atoms with Crippen LogP contribution in [0.15, 0.2) is 5.16 Å². The van der Waals surface area contributed by atoms with E-state index in [-0.39, 0.29) is 5.92 Å². The van der Waals surface area contributed by atoms with Crippen LogP contribution in [0.25, 0.3) is 0 Å². The van der Waals surface area contributed by atoms with E-state index in [1.54, 1.807) is 0 Å². The van der Waals surface area contributed by atoms with Crippen LogP contribution in [0.1, 0.15) is 40.0 Å². The van der Waals surface area contributed by atoms with E-state index in [1.165, 1.54) is 19.3 Å². The van der Waals surface area contributed by atoms with Crippen LogP contribution in [0.4, 0.5) is 0 Å². The maximum Gasteiger partial charge on any atom is 0.143 e. The number of oxime groups is 1. The molecule has 0 radical (unpaired) electrons. The Kier molecular flexibility index (Phi) is 5.06. The molecule has 94 valence electrons. The fourth-order valence-electron chi connectivity index (χ4n) is 2.66. The van der Waals surface area contributed by atoms with Crippen molar-refractivity contribution in [2.45, 2.75) is 46.1 Å². The first-order valence-electron chi connectivity index (χ1n) is 6.23. The molecule has 1 aliphatic carbocycles. The lowest BCUT2D eigenvalue weighted by molar-refractivity contribution is 0.236. The van der Waals surface area contributed by atoms with E-state index in [4.69, 9.17) is 10.9 Å². The quantitative estimate of drug-likeness (QED) is 0.297. The van der Waals surface area contributed by atoms with Crippen molar-refractivity contribution in [2.24, 2.45) is 28.6 Å². The lowest BCUT2D eigenvalue weighted by atomic mass is 9.80. The molecule has 0 aromatic carbocycles. The molecule has 16 heavy (non-hydrogen) atoms. The standard InChI is InChI=1S/C12H25N3O/c1-8-4-9(2)6-11(5-8)14-7-10(3)12(13)15-16/h8-11,14,16H,4-7H2,1-3H3,(H2,13,15). The fourth-order valence-corrected chi connectivity index (χ4v) is 2.66. The van der Waals surface area contributed by atoms with Crippen molar-refractivity contribution in [1.82, 2.24) is 5.32 Å². The number of nitrogens with zero attached hydrogens (tertiary/aromatic N) is 1. The first-order chi connectivity index (χ1) is 7.52. The van der Waals surface area contributed by atoms with Crippen molar-refractivity contribution in [3.63, 3.8) is 0 Å². The smallest absolute Gasteiger partial charge is 0.143 e. The highest BCUT2D eigenvalue weighted by molar-refractivity contribution is 5.82. The number of hydrogen-bond acceptors (Lipinski definition) is 3. The van der Waals surface area contributed by atoms with Gasteiger partial charge in [0.2, 0.25) is 0 Å². The Morgan fingerprint density at radius 2 is 1.94 bits per heavy atom. The number of hydrogen-bond donors (Lipinski definition) is 3. The van der Waals surface area contributed by atoms with Gasteiger partial charge in [-0.15, -0.1) is 0 Å². The van der Waals surface area contributed by atoms with Gasteiger partial charge >= 0.3 is 0 Å². The van der Waals surface area contributed by atoms with Crippen LogP contribution >= 0.6 is 0 Å². The van der Waals surface area contributed by atoms with E-state index >= 15 is 0 Å². The van der Waals surface area contributed by atoms with Crippen LogP contribution < -0.4 is 11.1 Å². The highest BCUT2D eigenvalue weighted by Gasteiger charge is 2.23. The summed E-state index contributed by atoms with van der Waals surface area (Å²) >= 11 is 0. The fraction of sp³-hybridized carbons (Fsp3) is 0.917. The summed E-state index contributed by atoms with van der Waals surface area (Å²) in [6, 6.07) is 0.590. The van der Waals surface area contributed by atoms with Crippen LogP contribution in [0.5, 0.6) is 0 Å². The van der Waals surface area contributed by atoms with Crippen molar-refractivity contribution in [3.05, 3.63) is 0 Å². The minimum Gasteiger partial charge on any atom is -0.409 e. The summed E-state index contributed by atoms with van der Waals surface area (Å²) in [7, 11) is 0. The molecule has 0 aromatic heterocycles. The molecule has 4 nitrogen and oxygen atoms in total. The van der Waals surface area contributed by atoms with Crippen molar-refractivity contribution in [3.8, 4) is 0 Å². The Hall–Kier alpha value is -0.770. The molecule has 1 rings (SSSR count). The lowest BCUT2D eigenvalue weighted by Gasteiger charge is -2.32.